The minimum atomic E-state index is -0.681. The zero-order valence-corrected chi connectivity index (χ0v) is 21.3. The van der Waals surface area contributed by atoms with E-state index in [2.05, 4.69) is 21.2 Å². The molecule has 0 aliphatic carbocycles. The van der Waals surface area contributed by atoms with Crippen LogP contribution in [0.15, 0.2) is 47.8 Å². The third kappa shape index (κ3) is 4.46. The fourth-order valence-electron chi connectivity index (χ4n) is 5.56. The maximum atomic E-state index is 13.7. The predicted octanol–water partition coefficient (Wildman–Crippen LogP) is 3.55. The Morgan fingerprint density at radius 2 is 1.77 bits per heavy atom. The largest absolute Gasteiger partial charge is 0.343 e. The summed E-state index contributed by atoms with van der Waals surface area (Å²) >= 11 is 1.68. The molecule has 8 nitrogen and oxygen atoms in total. The van der Waals surface area contributed by atoms with Gasteiger partial charge in [0.1, 0.15) is 12.2 Å². The van der Waals surface area contributed by atoms with Gasteiger partial charge in [0.15, 0.2) is 0 Å². The van der Waals surface area contributed by atoms with Crippen molar-refractivity contribution >= 4 is 29.0 Å². The molecule has 188 valence electrons. The number of carbonyl (C=O) groups is 2. The summed E-state index contributed by atoms with van der Waals surface area (Å²) < 4.78 is 12.1. The van der Waals surface area contributed by atoms with Gasteiger partial charge in [-0.15, -0.1) is 11.3 Å². The van der Waals surface area contributed by atoms with Crippen molar-refractivity contribution in [2.24, 2.45) is 0 Å². The number of nitrogens with zero attached hydrogens (tertiary/aromatic N) is 4. The molecular weight excluding hydrogens is 464 g/mol. The molecule has 3 amide bonds. The van der Waals surface area contributed by atoms with Gasteiger partial charge in [-0.3, -0.25) is 4.79 Å². The molecule has 35 heavy (non-hydrogen) atoms. The number of imide groups is 1. The number of piperidine rings is 1. The van der Waals surface area contributed by atoms with E-state index in [1.165, 1.54) is 9.80 Å². The van der Waals surface area contributed by atoms with E-state index in [1.807, 2.05) is 36.4 Å². The quantitative estimate of drug-likeness (QED) is 0.607. The van der Waals surface area contributed by atoms with Crippen LogP contribution in [0.1, 0.15) is 30.6 Å². The van der Waals surface area contributed by atoms with Gasteiger partial charge in [-0.2, -0.15) is 0 Å². The van der Waals surface area contributed by atoms with Crippen molar-refractivity contribution < 1.29 is 19.1 Å². The van der Waals surface area contributed by atoms with E-state index in [0.717, 1.165) is 43.0 Å². The molecule has 3 aliphatic rings. The lowest BCUT2D eigenvalue weighted by Gasteiger charge is -2.43. The monoisotopic (exact) mass is 498 g/mol. The Balaban J connectivity index is 1.25. The highest BCUT2D eigenvalue weighted by Gasteiger charge is 2.55. The van der Waals surface area contributed by atoms with Crippen molar-refractivity contribution in [2.45, 2.75) is 37.0 Å². The van der Waals surface area contributed by atoms with Gasteiger partial charge in [-0.1, -0.05) is 24.3 Å². The molecule has 5 rings (SSSR count). The summed E-state index contributed by atoms with van der Waals surface area (Å²) in [5.74, 6) is -0.687. The maximum Gasteiger partial charge on any atom is 0.327 e. The van der Waals surface area contributed by atoms with Gasteiger partial charge in [-0.25, -0.2) is 9.69 Å². The van der Waals surface area contributed by atoms with Crippen LogP contribution in [0.5, 0.6) is 0 Å². The van der Waals surface area contributed by atoms with Crippen LogP contribution in [0.2, 0.25) is 0 Å². The summed E-state index contributed by atoms with van der Waals surface area (Å²) in [7, 11) is 3.38. The molecule has 0 saturated carbocycles. The highest BCUT2D eigenvalue weighted by Crippen LogP contribution is 2.41. The normalized spacial score (nSPS) is 21.7. The number of carbonyl (C=O) groups excluding carboxylic acids is 2. The number of likely N-dealkylation sites (tertiary alicyclic amines) is 1. The number of anilines is 1. The minimum Gasteiger partial charge on any atom is -0.343 e. The van der Waals surface area contributed by atoms with Crippen molar-refractivity contribution in [3.05, 3.63) is 52.7 Å². The highest BCUT2D eigenvalue weighted by atomic mass is 32.1. The molecule has 1 aromatic heterocycles. The second-order valence-corrected chi connectivity index (χ2v) is 10.7. The van der Waals surface area contributed by atoms with Gasteiger partial charge in [0.05, 0.1) is 18.1 Å². The lowest BCUT2D eigenvalue weighted by atomic mass is 9.85. The van der Waals surface area contributed by atoms with E-state index in [4.69, 9.17) is 9.47 Å². The first-order valence-electron chi connectivity index (χ1n) is 12.4. The first-order valence-corrected chi connectivity index (χ1v) is 13.2. The Kier molecular flexibility index (Phi) is 6.85. The second kappa shape index (κ2) is 9.89. The molecule has 4 heterocycles. The number of hydrogen-bond acceptors (Lipinski definition) is 7. The Morgan fingerprint density at radius 1 is 1.06 bits per heavy atom. The molecule has 9 heteroatoms. The first-order chi connectivity index (χ1) is 17.0. The van der Waals surface area contributed by atoms with Crippen LogP contribution < -0.4 is 4.90 Å². The Morgan fingerprint density at radius 3 is 2.40 bits per heavy atom. The zero-order valence-electron chi connectivity index (χ0n) is 20.5. The van der Waals surface area contributed by atoms with Gasteiger partial charge in [0, 0.05) is 39.3 Å². The summed E-state index contributed by atoms with van der Waals surface area (Å²) in [6, 6.07) is 13.9. The Hall–Kier alpha value is -2.46. The topological polar surface area (TPSA) is 65.6 Å². The van der Waals surface area contributed by atoms with E-state index in [-0.39, 0.29) is 18.6 Å². The average Bonchev–Trinajstić information content (AvgIpc) is 3.63. The summed E-state index contributed by atoms with van der Waals surface area (Å²) in [5.41, 5.74) is 0.302. The minimum absolute atomic E-state index is 0.0795. The SMILES string of the molecule is CN(C)C(=O)N1CN(c2ccccc2)C2(CCN(CCCC3(c4cccs4)OCCO3)CC2)C1=O. The van der Waals surface area contributed by atoms with Crippen LogP contribution in [-0.4, -0.2) is 85.8 Å². The van der Waals surface area contributed by atoms with Crippen molar-refractivity contribution in [1.29, 1.82) is 0 Å². The molecule has 1 aromatic carbocycles. The number of urea groups is 1. The summed E-state index contributed by atoms with van der Waals surface area (Å²) in [5, 5.41) is 2.06. The molecule has 3 saturated heterocycles. The van der Waals surface area contributed by atoms with E-state index < -0.39 is 11.3 Å². The van der Waals surface area contributed by atoms with Crippen LogP contribution in [0.3, 0.4) is 0 Å². The number of hydrogen-bond donors (Lipinski definition) is 0. The molecule has 1 spiro atoms. The molecule has 0 N–H and O–H groups in total. The van der Waals surface area contributed by atoms with E-state index >= 15 is 0 Å². The van der Waals surface area contributed by atoms with Crippen LogP contribution in [0.25, 0.3) is 0 Å². The third-order valence-corrected chi connectivity index (χ3v) is 8.43. The van der Waals surface area contributed by atoms with Crippen molar-refractivity contribution in [2.75, 3.05) is 58.5 Å². The number of benzene rings is 1. The van der Waals surface area contributed by atoms with E-state index in [0.29, 0.717) is 26.1 Å². The summed E-state index contributed by atoms with van der Waals surface area (Å²) in [6.07, 6.45) is 3.16. The molecule has 2 aromatic rings. The van der Waals surface area contributed by atoms with Gasteiger partial charge in [0.25, 0.3) is 5.91 Å². The average molecular weight is 499 g/mol. The van der Waals surface area contributed by atoms with Gasteiger partial charge >= 0.3 is 6.03 Å². The molecular formula is C26H34N4O4S. The van der Waals surface area contributed by atoms with Crippen LogP contribution in [-0.2, 0) is 20.1 Å². The highest BCUT2D eigenvalue weighted by molar-refractivity contribution is 7.10. The van der Waals surface area contributed by atoms with Gasteiger partial charge in [0.2, 0.25) is 5.79 Å². The fraction of sp³-hybridized carbons (Fsp3) is 0.538. The molecule has 3 aliphatic heterocycles. The predicted molar refractivity (Wildman–Crippen MR) is 135 cm³/mol. The Labute approximate surface area is 211 Å². The Bertz CT molecular complexity index is 1020. The fourth-order valence-corrected chi connectivity index (χ4v) is 6.42. The summed E-state index contributed by atoms with van der Waals surface area (Å²) in [4.78, 5) is 35.0. The van der Waals surface area contributed by atoms with Crippen molar-refractivity contribution in [3.8, 4) is 0 Å². The number of thiophene rings is 1. The molecule has 0 radical (unpaired) electrons. The number of rotatable bonds is 6. The van der Waals surface area contributed by atoms with Gasteiger partial charge in [-0.05, 0) is 49.4 Å². The summed E-state index contributed by atoms with van der Waals surface area (Å²) in [6.45, 7) is 4.10. The number of para-hydroxylation sites is 1. The van der Waals surface area contributed by atoms with E-state index in [1.54, 1.807) is 25.4 Å². The molecule has 3 fully saturated rings. The van der Waals surface area contributed by atoms with Crippen molar-refractivity contribution in [1.82, 2.24) is 14.7 Å². The second-order valence-electron chi connectivity index (χ2n) is 9.72. The third-order valence-electron chi connectivity index (χ3n) is 7.44. The maximum absolute atomic E-state index is 13.7. The van der Waals surface area contributed by atoms with Crippen LogP contribution in [0.4, 0.5) is 10.5 Å². The molecule has 0 unspecified atom stereocenters. The molecule has 0 bridgehead atoms. The standard InChI is InChI=1S/C26H34N4O4S/c1-27(2)24(32)29-20-30(21-8-4-3-5-9-21)25(23(29)31)12-15-28(16-13-25)14-7-11-26(33-17-18-34-26)22-10-6-19-35-22/h3-6,8-10,19H,7,11-18,20H2,1-2H3. The lowest BCUT2D eigenvalue weighted by Crippen LogP contribution is -2.57. The first kappa shape index (κ1) is 24.2. The van der Waals surface area contributed by atoms with Crippen molar-refractivity contribution in [3.63, 3.8) is 0 Å². The van der Waals surface area contributed by atoms with Gasteiger partial charge < -0.3 is 24.2 Å². The number of amides is 3. The van der Waals surface area contributed by atoms with Crippen LogP contribution >= 0.6 is 11.3 Å². The smallest absolute Gasteiger partial charge is 0.327 e. The van der Waals surface area contributed by atoms with Crippen LogP contribution in [0, 0.1) is 0 Å². The number of ether oxygens (including phenoxy) is 2. The zero-order chi connectivity index (χ0) is 24.5. The van der Waals surface area contributed by atoms with E-state index in [9.17, 15) is 9.59 Å². The lowest BCUT2D eigenvalue weighted by molar-refractivity contribution is -0.169. The molecule has 0 atom stereocenters.